The van der Waals surface area contributed by atoms with Crippen molar-refractivity contribution in [3.05, 3.63) is 60.1 Å². The van der Waals surface area contributed by atoms with Crippen LogP contribution in [0.1, 0.15) is 11.3 Å². The maximum Gasteiger partial charge on any atom is 0.233 e. The number of aromatic nitrogens is 3. The summed E-state index contributed by atoms with van der Waals surface area (Å²) in [4.78, 5) is 16.4. The van der Waals surface area contributed by atoms with E-state index < -0.39 is 0 Å². The number of carbonyl (C=O) groups is 1. The van der Waals surface area contributed by atoms with E-state index >= 15 is 0 Å². The lowest BCUT2D eigenvalue weighted by Crippen LogP contribution is -2.38. The first-order valence-corrected chi connectivity index (χ1v) is 10.9. The maximum atomic E-state index is 12.6. The van der Waals surface area contributed by atoms with E-state index in [1.165, 1.54) is 11.8 Å². The van der Waals surface area contributed by atoms with Gasteiger partial charge in [-0.2, -0.15) is 0 Å². The molecule has 1 aliphatic rings. The highest BCUT2D eigenvalue weighted by atomic mass is 32.2. The summed E-state index contributed by atoms with van der Waals surface area (Å²) in [6.07, 6.45) is 1.61. The Hall–Kier alpha value is -2.78. The van der Waals surface area contributed by atoms with Gasteiger partial charge in [-0.05, 0) is 17.7 Å². The molecule has 0 unspecified atom stereocenters. The van der Waals surface area contributed by atoms with Crippen molar-refractivity contribution in [2.75, 3.05) is 44.0 Å². The standard InChI is InChI=1S/C21H25N5O3S/c1-24(15-18-8-5-11-29-18)19(27)16-30-21-23-22-20(25-9-12-28-13-10-25)26(21)14-17-6-3-2-4-7-17/h2-8,11H,9-10,12-16H2,1H3. The van der Waals surface area contributed by atoms with Crippen LogP contribution in [0.2, 0.25) is 0 Å². The van der Waals surface area contributed by atoms with Crippen molar-refractivity contribution in [1.82, 2.24) is 19.7 Å². The molecule has 1 amide bonds. The number of thioether (sulfide) groups is 1. The van der Waals surface area contributed by atoms with Crippen molar-refractivity contribution in [2.24, 2.45) is 0 Å². The van der Waals surface area contributed by atoms with Gasteiger partial charge in [0.15, 0.2) is 5.16 Å². The van der Waals surface area contributed by atoms with Gasteiger partial charge in [0.2, 0.25) is 11.9 Å². The van der Waals surface area contributed by atoms with E-state index in [0.717, 1.165) is 35.5 Å². The summed E-state index contributed by atoms with van der Waals surface area (Å²) in [5, 5.41) is 9.58. The Labute approximate surface area is 179 Å². The molecule has 0 radical (unpaired) electrons. The Balaban J connectivity index is 1.47. The van der Waals surface area contributed by atoms with Gasteiger partial charge in [0.05, 0.1) is 38.3 Å². The number of amides is 1. The number of hydrogen-bond acceptors (Lipinski definition) is 7. The third kappa shape index (κ3) is 5.03. The first-order chi connectivity index (χ1) is 14.7. The number of ether oxygens (including phenoxy) is 1. The fraction of sp³-hybridized carbons (Fsp3) is 0.381. The SMILES string of the molecule is CN(Cc1ccco1)C(=O)CSc1nnc(N2CCOCC2)n1Cc1ccccc1. The van der Waals surface area contributed by atoms with Gasteiger partial charge in [0.1, 0.15) is 5.76 Å². The molecule has 8 nitrogen and oxygen atoms in total. The number of furan rings is 1. The number of anilines is 1. The first kappa shape index (κ1) is 20.5. The molecule has 30 heavy (non-hydrogen) atoms. The molecule has 0 aliphatic carbocycles. The third-order valence-corrected chi connectivity index (χ3v) is 5.85. The zero-order valence-electron chi connectivity index (χ0n) is 16.9. The quantitative estimate of drug-likeness (QED) is 0.511. The molecular weight excluding hydrogens is 402 g/mol. The van der Waals surface area contributed by atoms with E-state index in [-0.39, 0.29) is 11.7 Å². The molecule has 1 aliphatic heterocycles. The molecule has 1 saturated heterocycles. The molecule has 1 fully saturated rings. The summed E-state index contributed by atoms with van der Waals surface area (Å²) in [6.45, 7) is 4.01. The van der Waals surface area contributed by atoms with Gasteiger partial charge < -0.3 is 19.0 Å². The van der Waals surface area contributed by atoms with Gasteiger partial charge in [0, 0.05) is 20.1 Å². The molecular formula is C21H25N5O3S. The summed E-state index contributed by atoms with van der Waals surface area (Å²) in [5.41, 5.74) is 1.16. The molecule has 0 N–H and O–H groups in total. The fourth-order valence-electron chi connectivity index (χ4n) is 3.25. The highest BCUT2D eigenvalue weighted by Crippen LogP contribution is 2.24. The van der Waals surface area contributed by atoms with Gasteiger partial charge in [-0.25, -0.2) is 0 Å². The van der Waals surface area contributed by atoms with Crippen molar-refractivity contribution in [2.45, 2.75) is 18.2 Å². The normalized spacial score (nSPS) is 14.1. The molecule has 4 rings (SSSR count). The molecule has 0 saturated carbocycles. The second kappa shape index (κ2) is 9.82. The Kier molecular flexibility index (Phi) is 6.70. The second-order valence-electron chi connectivity index (χ2n) is 7.07. The van der Waals surface area contributed by atoms with Crippen molar-refractivity contribution < 1.29 is 13.9 Å². The summed E-state index contributed by atoms with van der Waals surface area (Å²) in [6, 6.07) is 13.9. The monoisotopic (exact) mass is 427 g/mol. The molecule has 2 aromatic heterocycles. The third-order valence-electron chi connectivity index (χ3n) is 4.90. The predicted molar refractivity (Wildman–Crippen MR) is 115 cm³/mol. The van der Waals surface area contributed by atoms with E-state index in [1.807, 2.05) is 30.3 Å². The molecule has 0 atom stereocenters. The van der Waals surface area contributed by atoms with Crippen LogP contribution in [0.5, 0.6) is 0 Å². The van der Waals surface area contributed by atoms with Gasteiger partial charge in [-0.15, -0.1) is 10.2 Å². The highest BCUT2D eigenvalue weighted by molar-refractivity contribution is 7.99. The molecule has 158 valence electrons. The minimum Gasteiger partial charge on any atom is -0.467 e. The molecule has 0 spiro atoms. The second-order valence-corrected chi connectivity index (χ2v) is 8.01. The van der Waals surface area contributed by atoms with Crippen LogP contribution in [0.25, 0.3) is 0 Å². The van der Waals surface area contributed by atoms with Crippen LogP contribution in [0.4, 0.5) is 5.95 Å². The molecule has 9 heteroatoms. The minimum atomic E-state index is 0.0126. The average molecular weight is 428 g/mol. The van der Waals surface area contributed by atoms with Crippen molar-refractivity contribution in [1.29, 1.82) is 0 Å². The van der Waals surface area contributed by atoms with Crippen LogP contribution in [-0.4, -0.2) is 64.7 Å². The Morgan fingerprint density at radius 3 is 2.67 bits per heavy atom. The van der Waals surface area contributed by atoms with E-state index in [1.54, 1.807) is 18.2 Å². The summed E-state index contributed by atoms with van der Waals surface area (Å²) >= 11 is 1.41. The van der Waals surface area contributed by atoms with Crippen LogP contribution >= 0.6 is 11.8 Å². The lowest BCUT2D eigenvalue weighted by molar-refractivity contribution is -0.127. The number of nitrogens with zero attached hydrogens (tertiary/aromatic N) is 5. The smallest absolute Gasteiger partial charge is 0.233 e. The van der Waals surface area contributed by atoms with Gasteiger partial charge in [-0.1, -0.05) is 42.1 Å². The van der Waals surface area contributed by atoms with Crippen molar-refractivity contribution in [3.63, 3.8) is 0 Å². The van der Waals surface area contributed by atoms with E-state index in [2.05, 4.69) is 31.8 Å². The highest BCUT2D eigenvalue weighted by Gasteiger charge is 2.22. The van der Waals surface area contributed by atoms with E-state index in [4.69, 9.17) is 9.15 Å². The number of hydrogen-bond donors (Lipinski definition) is 0. The van der Waals surface area contributed by atoms with Crippen molar-refractivity contribution >= 4 is 23.6 Å². The Bertz CT molecular complexity index is 939. The lowest BCUT2D eigenvalue weighted by Gasteiger charge is -2.28. The van der Waals surface area contributed by atoms with Crippen LogP contribution in [0, 0.1) is 0 Å². The predicted octanol–water partition coefficient (Wildman–Crippen LogP) is 2.51. The summed E-state index contributed by atoms with van der Waals surface area (Å²) in [5.74, 6) is 1.88. The number of morpholine rings is 1. The fourth-order valence-corrected chi connectivity index (χ4v) is 4.12. The zero-order chi connectivity index (χ0) is 20.8. The van der Waals surface area contributed by atoms with Crippen LogP contribution < -0.4 is 4.90 Å². The minimum absolute atomic E-state index is 0.0126. The van der Waals surface area contributed by atoms with Crippen LogP contribution in [0.3, 0.4) is 0 Å². The Morgan fingerprint density at radius 2 is 1.93 bits per heavy atom. The van der Waals surface area contributed by atoms with Crippen LogP contribution in [-0.2, 0) is 22.6 Å². The van der Waals surface area contributed by atoms with Crippen LogP contribution in [0.15, 0.2) is 58.3 Å². The molecule has 3 aromatic rings. The first-order valence-electron chi connectivity index (χ1n) is 9.89. The lowest BCUT2D eigenvalue weighted by atomic mass is 10.2. The average Bonchev–Trinajstić information content (AvgIpc) is 3.43. The van der Waals surface area contributed by atoms with Gasteiger partial charge >= 0.3 is 0 Å². The largest absolute Gasteiger partial charge is 0.467 e. The molecule has 1 aromatic carbocycles. The van der Waals surface area contributed by atoms with E-state index in [0.29, 0.717) is 26.3 Å². The summed E-state index contributed by atoms with van der Waals surface area (Å²) < 4.78 is 12.9. The summed E-state index contributed by atoms with van der Waals surface area (Å²) in [7, 11) is 1.78. The molecule has 3 heterocycles. The number of benzene rings is 1. The topological polar surface area (TPSA) is 76.6 Å². The zero-order valence-corrected chi connectivity index (χ0v) is 17.8. The van der Waals surface area contributed by atoms with E-state index in [9.17, 15) is 4.79 Å². The van der Waals surface area contributed by atoms with Crippen molar-refractivity contribution in [3.8, 4) is 0 Å². The maximum absolute atomic E-state index is 12.6. The number of rotatable bonds is 8. The number of carbonyl (C=O) groups excluding carboxylic acids is 1. The van der Waals surface area contributed by atoms with Gasteiger partial charge in [0.25, 0.3) is 0 Å². The Morgan fingerprint density at radius 1 is 1.13 bits per heavy atom. The van der Waals surface area contributed by atoms with Gasteiger partial charge in [-0.3, -0.25) is 9.36 Å². The molecule has 0 bridgehead atoms.